The number of Topliss-reactive ketones (excluding diaryl/α,β-unsaturated/α-hetero) is 1. The number of benzene rings is 1. The van der Waals surface area contributed by atoms with Crippen molar-refractivity contribution >= 4 is 11.7 Å². The van der Waals surface area contributed by atoms with Crippen molar-refractivity contribution in [2.45, 2.75) is 140 Å². The summed E-state index contributed by atoms with van der Waals surface area (Å²) >= 11 is 0. The van der Waals surface area contributed by atoms with Crippen LogP contribution in [-0.2, 0) is 22.4 Å². The molecule has 1 fully saturated rings. The van der Waals surface area contributed by atoms with E-state index >= 15 is 0 Å². The number of ketones is 1. The molecular weight excluding hydrogens is 546 g/mol. The maximum Gasteiger partial charge on any atom is 0.239 e. The molecule has 1 unspecified atom stereocenters. The molecule has 1 aliphatic rings. The molecule has 0 aliphatic heterocycles. The number of amides is 1. The van der Waals surface area contributed by atoms with E-state index in [9.17, 15) is 9.59 Å². The van der Waals surface area contributed by atoms with Crippen LogP contribution < -0.4 is 20.7 Å². The summed E-state index contributed by atoms with van der Waals surface area (Å²) in [7, 11) is 0. The number of allylic oxidation sites excluding steroid dienone is 2. The summed E-state index contributed by atoms with van der Waals surface area (Å²) in [5.74, 6) is 3.42. The van der Waals surface area contributed by atoms with Gasteiger partial charge in [-0.1, -0.05) is 107 Å². The van der Waals surface area contributed by atoms with E-state index in [2.05, 4.69) is 103 Å². The topological polar surface area (TPSA) is 79.5 Å². The molecule has 1 aromatic carbocycles. The normalized spacial score (nSPS) is 13.0. The summed E-state index contributed by atoms with van der Waals surface area (Å²) < 4.78 is 6.19. The number of hydrogen-bond donors (Lipinski definition) is 3. The Kier molecular flexibility index (Phi) is 28.0. The van der Waals surface area contributed by atoms with E-state index in [0.29, 0.717) is 32.2 Å². The minimum atomic E-state index is -0.0292. The zero-order chi connectivity index (χ0) is 33.9. The fourth-order valence-electron chi connectivity index (χ4n) is 4.09. The van der Waals surface area contributed by atoms with Crippen LogP contribution in [0.4, 0.5) is 0 Å². The van der Waals surface area contributed by atoms with Gasteiger partial charge in [-0.05, 0) is 80.8 Å². The molecular formula is C38H71N3O3. The van der Waals surface area contributed by atoms with E-state index in [1.54, 1.807) is 6.92 Å². The van der Waals surface area contributed by atoms with Gasteiger partial charge >= 0.3 is 0 Å². The highest BCUT2D eigenvalue weighted by Crippen LogP contribution is 2.33. The molecule has 0 radical (unpaired) electrons. The van der Waals surface area contributed by atoms with Crippen molar-refractivity contribution in [3.8, 4) is 5.75 Å². The molecule has 1 saturated carbocycles. The minimum Gasteiger partial charge on any atom is -0.492 e. The molecule has 0 aromatic heterocycles. The zero-order valence-corrected chi connectivity index (χ0v) is 30.8. The Balaban J connectivity index is 0. The number of aryl methyl sites for hydroxylation is 2. The third-order valence-electron chi connectivity index (χ3n) is 6.87. The van der Waals surface area contributed by atoms with Crippen LogP contribution in [-0.4, -0.2) is 44.0 Å². The van der Waals surface area contributed by atoms with Crippen LogP contribution in [0.15, 0.2) is 30.0 Å². The van der Waals surface area contributed by atoms with Crippen molar-refractivity contribution in [1.29, 1.82) is 0 Å². The van der Waals surface area contributed by atoms with Gasteiger partial charge in [0, 0.05) is 18.8 Å². The smallest absolute Gasteiger partial charge is 0.239 e. The van der Waals surface area contributed by atoms with E-state index in [0.717, 1.165) is 68.2 Å². The summed E-state index contributed by atoms with van der Waals surface area (Å²) in [6.07, 6.45) is 10.2. The van der Waals surface area contributed by atoms with Crippen molar-refractivity contribution < 1.29 is 14.3 Å². The van der Waals surface area contributed by atoms with Gasteiger partial charge in [0.1, 0.15) is 18.1 Å². The van der Waals surface area contributed by atoms with Gasteiger partial charge in [0.15, 0.2) is 0 Å². The third-order valence-corrected chi connectivity index (χ3v) is 6.87. The molecule has 6 heteroatoms. The molecule has 3 N–H and O–H groups in total. The van der Waals surface area contributed by atoms with Crippen LogP contribution >= 0.6 is 0 Å². The fourth-order valence-corrected chi connectivity index (χ4v) is 4.09. The van der Waals surface area contributed by atoms with Gasteiger partial charge in [0.25, 0.3) is 0 Å². The first-order valence-corrected chi connectivity index (χ1v) is 17.7. The Labute approximate surface area is 273 Å². The van der Waals surface area contributed by atoms with Crippen LogP contribution in [0.3, 0.4) is 0 Å². The molecule has 0 bridgehead atoms. The van der Waals surface area contributed by atoms with Crippen molar-refractivity contribution in [1.82, 2.24) is 16.0 Å². The van der Waals surface area contributed by atoms with Gasteiger partial charge in [-0.3, -0.25) is 9.59 Å². The van der Waals surface area contributed by atoms with Crippen molar-refractivity contribution in [3.63, 3.8) is 0 Å². The van der Waals surface area contributed by atoms with E-state index in [-0.39, 0.29) is 17.7 Å². The van der Waals surface area contributed by atoms with Gasteiger partial charge in [-0.15, -0.1) is 0 Å². The molecule has 1 aromatic rings. The Hall–Kier alpha value is -2.34. The quantitative estimate of drug-likeness (QED) is 0.144. The lowest BCUT2D eigenvalue weighted by atomic mass is 10.0. The Morgan fingerprint density at radius 2 is 1.55 bits per heavy atom. The number of ether oxygens (including phenoxy) is 1. The molecule has 1 amide bonds. The van der Waals surface area contributed by atoms with Gasteiger partial charge in [-0.25, -0.2) is 0 Å². The van der Waals surface area contributed by atoms with Gasteiger partial charge in [0.05, 0.1) is 12.6 Å². The first-order chi connectivity index (χ1) is 21.0. The number of para-hydroxylation sites is 1. The highest BCUT2D eigenvalue weighted by Gasteiger charge is 2.33. The first kappa shape index (κ1) is 43.8. The molecule has 44 heavy (non-hydrogen) atoms. The third kappa shape index (κ3) is 23.1. The second kappa shape index (κ2) is 28.2. The number of carbonyl (C=O) groups is 2. The van der Waals surface area contributed by atoms with Crippen LogP contribution in [0, 0.1) is 17.8 Å². The standard InChI is InChI=1S/C27H43N3O3.C5H12.C4H10.C2H6/c1-5-10-24(7-3)30-19-25(32)28-16-9-13-23-12-8-11-21(6-2)27(23)33-18-17-29-26(20(4)31)22-14-15-22;1-4-5(2)3;1-4(2)3;1-2/h8,10-12,22,26,29-30H,5-7,9,13-19H2,1-4H3,(H,28,32);5H,4H2,1-3H3;4H,1-3H3;1-2H3/b24-10+;;;. The Morgan fingerprint density at radius 1 is 0.955 bits per heavy atom. The Bertz CT molecular complexity index is 889. The van der Waals surface area contributed by atoms with E-state index in [1.165, 1.54) is 17.5 Å². The fraction of sp³-hybridized carbons (Fsp3) is 0.737. The lowest BCUT2D eigenvalue weighted by Crippen LogP contribution is -2.39. The van der Waals surface area contributed by atoms with Crippen LogP contribution in [0.25, 0.3) is 0 Å². The maximum atomic E-state index is 12.1. The van der Waals surface area contributed by atoms with Crippen LogP contribution in [0.5, 0.6) is 5.75 Å². The minimum absolute atomic E-state index is 0.0194. The van der Waals surface area contributed by atoms with E-state index < -0.39 is 0 Å². The zero-order valence-electron chi connectivity index (χ0n) is 30.8. The second-order valence-corrected chi connectivity index (χ2v) is 12.3. The average molecular weight is 618 g/mol. The largest absolute Gasteiger partial charge is 0.492 e. The predicted molar refractivity (Wildman–Crippen MR) is 191 cm³/mol. The van der Waals surface area contributed by atoms with Gasteiger partial charge in [-0.2, -0.15) is 0 Å². The van der Waals surface area contributed by atoms with Crippen LogP contribution in [0.1, 0.15) is 133 Å². The van der Waals surface area contributed by atoms with Crippen molar-refractivity contribution in [2.75, 3.05) is 26.2 Å². The van der Waals surface area contributed by atoms with Gasteiger partial charge in [0.2, 0.25) is 5.91 Å². The lowest BCUT2D eigenvalue weighted by Gasteiger charge is -2.18. The monoisotopic (exact) mass is 618 g/mol. The lowest BCUT2D eigenvalue weighted by molar-refractivity contribution is -0.120. The predicted octanol–water partition coefficient (Wildman–Crippen LogP) is 8.67. The molecule has 0 spiro atoms. The number of rotatable bonds is 18. The molecule has 1 atom stereocenters. The summed E-state index contributed by atoms with van der Waals surface area (Å²) in [4.78, 5) is 23.9. The molecule has 0 saturated heterocycles. The second-order valence-electron chi connectivity index (χ2n) is 12.3. The van der Waals surface area contributed by atoms with E-state index in [1.807, 2.05) is 13.8 Å². The summed E-state index contributed by atoms with van der Waals surface area (Å²) in [6.45, 7) is 27.3. The summed E-state index contributed by atoms with van der Waals surface area (Å²) in [6, 6.07) is 6.26. The average Bonchev–Trinajstić information content (AvgIpc) is 3.83. The summed E-state index contributed by atoms with van der Waals surface area (Å²) in [5.41, 5.74) is 3.49. The number of nitrogens with one attached hydrogen (secondary N) is 3. The molecule has 256 valence electrons. The van der Waals surface area contributed by atoms with E-state index in [4.69, 9.17) is 4.74 Å². The SMILES string of the molecule is CC.CC(C)C.CC/C=C(\CC)NCC(=O)NCCCc1cccc(CC)c1OCCNC(C(C)=O)C1CC1.CCC(C)C. The molecule has 2 rings (SSSR count). The first-order valence-electron chi connectivity index (χ1n) is 17.7. The van der Waals surface area contributed by atoms with Gasteiger partial charge < -0.3 is 20.7 Å². The number of hydrogen-bond acceptors (Lipinski definition) is 5. The summed E-state index contributed by atoms with van der Waals surface area (Å²) in [5, 5.41) is 9.59. The van der Waals surface area contributed by atoms with Crippen LogP contribution in [0.2, 0.25) is 0 Å². The molecule has 1 aliphatic carbocycles. The molecule has 0 heterocycles. The maximum absolute atomic E-state index is 12.1. The molecule has 6 nitrogen and oxygen atoms in total. The van der Waals surface area contributed by atoms with Crippen molar-refractivity contribution in [2.24, 2.45) is 17.8 Å². The highest BCUT2D eigenvalue weighted by molar-refractivity contribution is 5.82. The highest BCUT2D eigenvalue weighted by atomic mass is 16.5. The number of carbonyl (C=O) groups excluding carboxylic acids is 2. The Morgan fingerprint density at radius 3 is 2.02 bits per heavy atom. The van der Waals surface area contributed by atoms with Crippen molar-refractivity contribution in [3.05, 3.63) is 41.1 Å².